The Morgan fingerprint density at radius 3 is 2.71 bits per heavy atom. The maximum absolute atomic E-state index is 14.0. The Bertz CT molecular complexity index is 573. The lowest BCUT2D eigenvalue weighted by Crippen LogP contribution is -2.39. The topological polar surface area (TPSA) is 32.3 Å². The first-order valence-corrected chi connectivity index (χ1v) is 7.37. The fourth-order valence-corrected chi connectivity index (χ4v) is 3.55. The third-order valence-electron chi connectivity index (χ3n) is 4.61. The molecule has 1 saturated heterocycles. The number of halogens is 2. The van der Waals surface area contributed by atoms with E-state index in [0.29, 0.717) is 5.56 Å². The van der Waals surface area contributed by atoms with Gasteiger partial charge >= 0.3 is 0 Å². The van der Waals surface area contributed by atoms with Crippen LogP contribution in [0.1, 0.15) is 44.8 Å². The Kier molecular flexibility index (Phi) is 3.48. The Labute approximate surface area is 123 Å². The van der Waals surface area contributed by atoms with Crippen molar-refractivity contribution in [2.24, 2.45) is 5.41 Å². The summed E-state index contributed by atoms with van der Waals surface area (Å²) in [7, 11) is 0. The number of hydrogen-bond acceptors (Lipinski definition) is 2. The van der Waals surface area contributed by atoms with Gasteiger partial charge in [0, 0.05) is 17.7 Å². The summed E-state index contributed by atoms with van der Waals surface area (Å²) < 4.78 is 27.1. The second-order valence-corrected chi connectivity index (χ2v) is 6.81. The van der Waals surface area contributed by atoms with Crippen molar-refractivity contribution in [2.75, 3.05) is 6.54 Å². The van der Waals surface area contributed by atoms with E-state index in [2.05, 4.69) is 19.2 Å². The van der Waals surface area contributed by atoms with Crippen LogP contribution in [0.2, 0.25) is 0 Å². The number of carbonyl (C=O) groups excluding carboxylic acids is 1. The predicted molar refractivity (Wildman–Crippen MR) is 75.4 cm³/mol. The van der Waals surface area contributed by atoms with Crippen LogP contribution >= 0.6 is 0 Å². The first-order chi connectivity index (χ1) is 9.87. The summed E-state index contributed by atoms with van der Waals surface area (Å²) in [6, 6.07) is 3.65. The standard InChI is InChI=1S/C16H20F2N2O/c1-16(2)6-5-11(8-16)20-14(21)9-19-15(20)12-4-3-10(17)7-13(12)18/h3-4,7,11,15,19H,5-6,8-9H2,1-2H3. The quantitative estimate of drug-likeness (QED) is 0.909. The molecular weight excluding hydrogens is 274 g/mol. The van der Waals surface area contributed by atoms with E-state index < -0.39 is 17.8 Å². The summed E-state index contributed by atoms with van der Waals surface area (Å²) in [5, 5.41) is 3.05. The van der Waals surface area contributed by atoms with Gasteiger partial charge in [0.15, 0.2) is 0 Å². The SMILES string of the molecule is CC1(C)CCC(N2C(=O)CNC2c2ccc(F)cc2F)C1. The van der Waals surface area contributed by atoms with Gasteiger partial charge in [-0.3, -0.25) is 10.1 Å². The molecule has 1 saturated carbocycles. The Balaban J connectivity index is 1.89. The van der Waals surface area contributed by atoms with E-state index in [0.717, 1.165) is 25.3 Å². The molecule has 1 aliphatic carbocycles. The van der Waals surface area contributed by atoms with Gasteiger partial charge in [-0.25, -0.2) is 8.78 Å². The number of amides is 1. The highest BCUT2D eigenvalue weighted by Crippen LogP contribution is 2.42. The number of carbonyl (C=O) groups is 1. The molecule has 3 rings (SSSR count). The molecule has 114 valence electrons. The zero-order valence-corrected chi connectivity index (χ0v) is 12.3. The van der Waals surface area contributed by atoms with Crippen LogP contribution in [0.4, 0.5) is 8.78 Å². The largest absolute Gasteiger partial charge is 0.319 e. The average Bonchev–Trinajstić information content (AvgIpc) is 2.92. The summed E-state index contributed by atoms with van der Waals surface area (Å²) in [5.41, 5.74) is 0.548. The molecule has 1 aliphatic heterocycles. The van der Waals surface area contributed by atoms with E-state index >= 15 is 0 Å². The average molecular weight is 294 g/mol. The molecule has 0 bridgehead atoms. The number of nitrogens with one attached hydrogen (secondary N) is 1. The number of nitrogens with zero attached hydrogens (tertiary/aromatic N) is 1. The highest BCUT2D eigenvalue weighted by Gasteiger charge is 2.43. The van der Waals surface area contributed by atoms with Crippen molar-refractivity contribution in [3.05, 3.63) is 35.4 Å². The minimum Gasteiger partial charge on any atom is -0.319 e. The molecule has 1 heterocycles. The van der Waals surface area contributed by atoms with E-state index in [-0.39, 0.29) is 23.9 Å². The monoisotopic (exact) mass is 294 g/mol. The lowest BCUT2D eigenvalue weighted by atomic mass is 9.91. The van der Waals surface area contributed by atoms with Gasteiger partial charge in [0.25, 0.3) is 0 Å². The zero-order valence-electron chi connectivity index (χ0n) is 12.3. The maximum Gasteiger partial charge on any atom is 0.238 e. The van der Waals surface area contributed by atoms with Crippen LogP contribution in [0.15, 0.2) is 18.2 Å². The van der Waals surface area contributed by atoms with Crippen molar-refractivity contribution < 1.29 is 13.6 Å². The normalized spacial score (nSPS) is 28.4. The molecule has 1 N–H and O–H groups in total. The van der Waals surface area contributed by atoms with Gasteiger partial charge in [-0.15, -0.1) is 0 Å². The summed E-state index contributed by atoms with van der Waals surface area (Å²) >= 11 is 0. The number of hydrogen-bond donors (Lipinski definition) is 1. The van der Waals surface area contributed by atoms with Gasteiger partial charge in [-0.1, -0.05) is 13.8 Å². The minimum atomic E-state index is -0.607. The van der Waals surface area contributed by atoms with Gasteiger partial charge in [-0.2, -0.15) is 0 Å². The van der Waals surface area contributed by atoms with Gasteiger partial charge in [0.05, 0.1) is 6.54 Å². The molecule has 3 nitrogen and oxygen atoms in total. The fourth-order valence-electron chi connectivity index (χ4n) is 3.55. The van der Waals surface area contributed by atoms with Gasteiger partial charge in [-0.05, 0) is 36.8 Å². The van der Waals surface area contributed by atoms with E-state index in [1.807, 2.05) is 0 Å². The van der Waals surface area contributed by atoms with E-state index in [4.69, 9.17) is 0 Å². The van der Waals surface area contributed by atoms with Crippen LogP contribution in [0.5, 0.6) is 0 Å². The van der Waals surface area contributed by atoms with Crippen molar-refractivity contribution >= 4 is 5.91 Å². The molecule has 2 unspecified atom stereocenters. The third-order valence-corrected chi connectivity index (χ3v) is 4.61. The molecule has 0 radical (unpaired) electrons. The molecule has 2 atom stereocenters. The highest BCUT2D eigenvalue weighted by atomic mass is 19.1. The number of rotatable bonds is 2. The van der Waals surface area contributed by atoms with Crippen molar-refractivity contribution in [3.8, 4) is 0 Å². The molecular formula is C16H20F2N2O. The van der Waals surface area contributed by atoms with Crippen molar-refractivity contribution in [1.29, 1.82) is 0 Å². The Morgan fingerprint density at radius 2 is 2.10 bits per heavy atom. The molecule has 1 aromatic rings. The fraction of sp³-hybridized carbons (Fsp3) is 0.562. The van der Waals surface area contributed by atoms with Crippen molar-refractivity contribution in [2.45, 2.75) is 45.3 Å². The van der Waals surface area contributed by atoms with Gasteiger partial charge in [0.2, 0.25) is 5.91 Å². The molecule has 21 heavy (non-hydrogen) atoms. The molecule has 0 aromatic heterocycles. The zero-order chi connectivity index (χ0) is 15.2. The van der Waals surface area contributed by atoms with Gasteiger partial charge < -0.3 is 4.90 Å². The van der Waals surface area contributed by atoms with Crippen molar-refractivity contribution in [3.63, 3.8) is 0 Å². The molecule has 2 fully saturated rings. The van der Waals surface area contributed by atoms with Crippen LogP contribution in [-0.2, 0) is 4.79 Å². The van der Waals surface area contributed by atoms with E-state index in [1.54, 1.807) is 4.90 Å². The lowest BCUT2D eigenvalue weighted by Gasteiger charge is -2.31. The summed E-state index contributed by atoms with van der Waals surface area (Å²) in [6.07, 6.45) is 2.41. The molecule has 1 amide bonds. The smallest absolute Gasteiger partial charge is 0.238 e. The second kappa shape index (κ2) is 5.05. The summed E-state index contributed by atoms with van der Waals surface area (Å²) in [5.74, 6) is -1.22. The van der Waals surface area contributed by atoms with Crippen LogP contribution < -0.4 is 5.32 Å². The minimum absolute atomic E-state index is 0.00794. The second-order valence-electron chi connectivity index (χ2n) is 6.81. The Hall–Kier alpha value is -1.49. The first kappa shape index (κ1) is 14.4. The third kappa shape index (κ3) is 2.67. The molecule has 0 spiro atoms. The summed E-state index contributed by atoms with van der Waals surface area (Å²) in [4.78, 5) is 14.0. The van der Waals surface area contributed by atoms with Gasteiger partial charge in [0.1, 0.15) is 17.8 Å². The maximum atomic E-state index is 14.0. The van der Waals surface area contributed by atoms with Crippen LogP contribution in [0.25, 0.3) is 0 Å². The van der Waals surface area contributed by atoms with E-state index in [9.17, 15) is 13.6 Å². The molecule has 5 heteroatoms. The predicted octanol–water partition coefficient (Wildman–Crippen LogP) is 2.97. The lowest BCUT2D eigenvalue weighted by molar-refractivity contribution is -0.130. The van der Waals surface area contributed by atoms with Crippen LogP contribution in [0.3, 0.4) is 0 Å². The number of benzene rings is 1. The molecule has 2 aliphatic rings. The van der Waals surface area contributed by atoms with Crippen LogP contribution in [-0.4, -0.2) is 23.4 Å². The molecule has 1 aromatic carbocycles. The summed E-state index contributed by atoms with van der Waals surface area (Å²) in [6.45, 7) is 4.58. The first-order valence-electron chi connectivity index (χ1n) is 7.37. The highest BCUT2D eigenvalue weighted by molar-refractivity contribution is 5.81. The van der Waals surface area contributed by atoms with Crippen molar-refractivity contribution in [1.82, 2.24) is 10.2 Å². The Morgan fingerprint density at radius 1 is 1.33 bits per heavy atom. The van der Waals surface area contributed by atoms with E-state index in [1.165, 1.54) is 12.1 Å². The van der Waals surface area contributed by atoms with Crippen LogP contribution in [0, 0.1) is 17.0 Å².